The quantitative estimate of drug-likeness (QED) is 0.587. The molecule has 0 N–H and O–H groups in total. The Labute approximate surface area is 103 Å². The fourth-order valence-electron chi connectivity index (χ4n) is 2.54. The highest BCUT2D eigenvalue weighted by atomic mass is 15.2. The molecule has 1 nitrogen and oxygen atoms in total. The summed E-state index contributed by atoms with van der Waals surface area (Å²) in [5.74, 6) is 2.09. The third-order valence-corrected chi connectivity index (χ3v) is 2.73. The minimum atomic E-state index is 0.532. The molecule has 0 aromatic heterocycles. The van der Waals surface area contributed by atoms with Gasteiger partial charge in [0.2, 0.25) is 0 Å². The summed E-state index contributed by atoms with van der Waals surface area (Å²) in [6.07, 6.45) is 0. The molecule has 0 bridgehead atoms. The van der Waals surface area contributed by atoms with Crippen LogP contribution in [-0.2, 0) is 0 Å². The predicted molar refractivity (Wildman–Crippen MR) is 74.7 cm³/mol. The van der Waals surface area contributed by atoms with Crippen LogP contribution in [0.15, 0.2) is 12.2 Å². The van der Waals surface area contributed by atoms with Crippen LogP contribution in [0, 0.1) is 17.8 Å². The summed E-state index contributed by atoms with van der Waals surface area (Å²) in [5.41, 5.74) is 1.30. The molecule has 0 aliphatic heterocycles. The summed E-state index contributed by atoms with van der Waals surface area (Å²) in [7, 11) is 0. The lowest BCUT2D eigenvalue weighted by molar-refractivity contribution is 0.145. The van der Waals surface area contributed by atoms with E-state index >= 15 is 0 Å². The molecule has 0 saturated heterocycles. The smallest absolute Gasteiger partial charge is 0.0325 e. The van der Waals surface area contributed by atoms with Crippen LogP contribution in [0.4, 0.5) is 0 Å². The molecule has 1 unspecified atom stereocenters. The first-order chi connectivity index (χ1) is 7.25. The van der Waals surface area contributed by atoms with E-state index in [1.165, 1.54) is 18.7 Å². The minimum Gasteiger partial charge on any atom is -0.296 e. The monoisotopic (exact) mass is 225 g/mol. The van der Waals surface area contributed by atoms with Gasteiger partial charge in [0.05, 0.1) is 0 Å². The Morgan fingerprint density at radius 2 is 1.31 bits per heavy atom. The fraction of sp³-hybridized carbons (Fsp3) is 0.867. The van der Waals surface area contributed by atoms with Crippen molar-refractivity contribution in [2.24, 2.45) is 17.8 Å². The molecule has 0 spiro atoms. The van der Waals surface area contributed by atoms with Gasteiger partial charge < -0.3 is 0 Å². The molecule has 16 heavy (non-hydrogen) atoms. The number of rotatable bonds is 7. The molecule has 1 heteroatoms. The highest BCUT2D eigenvalue weighted by Gasteiger charge is 2.23. The van der Waals surface area contributed by atoms with Crippen molar-refractivity contribution < 1.29 is 0 Å². The van der Waals surface area contributed by atoms with E-state index in [4.69, 9.17) is 0 Å². The van der Waals surface area contributed by atoms with Gasteiger partial charge in [-0.2, -0.15) is 0 Å². The Balaban J connectivity index is 4.73. The van der Waals surface area contributed by atoms with Crippen molar-refractivity contribution in [1.82, 2.24) is 4.90 Å². The van der Waals surface area contributed by atoms with Crippen molar-refractivity contribution in [1.29, 1.82) is 0 Å². The first-order valence-electron chi connectivity index (χ1n) is 6.65. The highest BCUT2D eigenvalue weighted by molar-refractivity contribution is 5.04. The third kappa shape index (κ3) is 5.69. The summed E-state index contributed by atoms with van der Waals surface area (Å²) in [6.45, 7) is 22.5. The second kappa shape index (κ2) is 7.11. The SMILES string of the molecule is C=C(C)C(C(C)C)N(CC(C)C)CC(C)C. The molecule has 96 valence electrons. The van der Waals surface area contributed by atoms with Crippen molar-refractivity contribution in [3.63, 3.8) is 0 Å². The van der Waals surface area contributed by atoms with Gasteiger partial charge in [0, 0.05) is 19.1 Å². The predicted octanol–water partition coefficient (Wildman–Crippen LogP) is 4.20. The molecule has 0 radical (unpaired) electrons. The Hall–Kier alpha value is -0.300. The summed E-state index contributed by atoms with van der Waals surface area (Å²) in [6, 6.07) is 0.532. The van der Waals surface area contributed by atoms with E-state index in [0.29, 0.717) is 12.0 Å². The number of nitrogens with zero attached hydrogens (tertiary/aromatic N) is 1. The molecule has 0 rings (SSSR count). The minimum absolute atomic E-state index is 0.532. The zero-order chi connectivity index (χ0) is 12.9. The van der Waals surface area contributed by atoms with Gasteiger partial charge in [-0.15, -0.1) is 0 Å². The Morgan fingerprint density at radius 3 is 1.50 bits per heavy atom. The van der Waals surface area contributed by atoms with Crippen molar-refractivity contribution >= 4 is 0 Å². The molecule has 0 aliphatic rings. The first kappa shape index (κ1) is 15.7. The second-order valence-electron chi connectivity index (χ2n) is 6.28. The highest BCUT2D eigenvalue weighted by Crippen LogP contribution is 2.20. The largest absolute Gasteiger partial charge is 0.296 e. The van der Waals surface area contributed by atoms with Crippen LogP contribution < -0.4 is 0 Å². The Morgan fingerprint density at radius 1 is 0.938 bits per heavy atom. The molecule has 0 amide bonds. The third-order valence-electron chi connectivity index (χ3n) is 2.73. The fourth-order valence-corrected chi connectivity index (χ4v) is 2.54. The Bertz CT molecular complexity index is 193. The van der Waals surface area contributed by atoms with E-state index in [2.05, 4.69) is 59.9 Å². The lowest BCUT2D eigenvalue weighted by Gasteiger charge is -2.37. The van der Waals surface area contributed by atoms with Gasteiger partial charge in [-0.05, 0) is 24.7 Å². The van der Waals surface area contributed by atoms with Gasteiger partial charge in [-0.3, -0.25) is 4.90 Å². The van der Waals surface area contributed by atoms with Crippen molar-refractivity contribution in [3.05, 3.63) is 12.2 Å². The first-order valence-corrected chi connectivity index (χ1v) is 6.65. The molecule has 0 aromatic rings. The van der Waals surface area contributed by atoms with Crippen LogP contribution in [-0.4, -0.2) is 24.0 Å². The average Bonchev–Trinajstić information content (AvgIpc) is 1.98. The molecular formula is C15H31N. The van der Waals surface area contributed by atoms with E-state index in [-0.39, 0.29) is 0 Å². The van der Waals surface area contributed by atoms with E-state index in [0.717, 1.165) is 11.8 Å². The normalized spacial score (nSPS) is 14.2. The average molecular weight is 225 g/mol. The maximum Gasteiger partial charge on any atom is 0.0325 e. The maximum absolute atomic E-state index is 4.17. The molecular weight excluding hydrogens is 194 g/mol. The van der Waals surface area contributed by atoms with E-state index in [1.54, 1.807) is 0 Å². The molecule has 0 fully saturated rings. The molecule has 1 atom stereocenters. The van der Waals surface area contributed by atoms with Gasteiger partial charge in [-0.1, -0.05) is 53.7 Å². The maximum atomic E-state index is 4.17. The molecule has 0 heterocycles. The van der Waals surface area contributed by atoms with Crippen molar-refractivity contribution in [2.45, 2.75) is 54.5 Å². The lowest BCUT2D eigenvalue weighted by atomic mass is 9.94. The molecule has 0 saturated carbocycles. The Kier molecular flexibility index (Phi) is 6.98. The summed E-state index contributed by atoms with van der Waals surface area (Å²) in [5, 5.41) is 0. The van der Waals surface area contributed by atoms with Gasteiger partial charge in [0.1, 0.15) is 0 Å². The van der Waals surface area contributed by atoms with Crippen LogP contribution in [0.2, 0.25) is 0 Å². The van der Waals surface area contributed by atoms with Crippen molar-refractivity contribution in [3.8, 4) is 0 Å². The zero-order valence-electron chi connectivity index (χ0n) is 12.4. The van der Waals surface area contributed by atoms with Crippen LogP contribution in [0.5, 0.6) is 0 Å². The topological polar surface area (TPSA) is 3.24 Å². The van der Waals surface area contributed by atoms with Gasteiger partial charge in [0.15, 0.2) is 0 Å². The van der Waals surface area contributed by atoms with Crippen LogP contribution >= 0.6 is 0 Å². The van der Waals surface area contributed by atoms with Crippen LogP contribution in [0.25, 0.3) is 0 Å². The summed E-state index contributed by atoms with van der Waals surface area (Å²) in [4.78, 5) is 2.61. The van der Waals surface area contributed by atoms with Gasteiger partial charge in [0.25, 0.3) is 0 Å². The summed E-state index contributed by atoms with van der Waals surface area (Å²) < 4.78 is 0. The van der Waals surface area contributed by atoms with E-state index < -0.39 is 0 Å². The van der Waals surface area contributed by atoms with Crippen molar-refractivity contribution in [2.75, 3.05) is 13.1 Å². The molecule has 0 aliphatic carbocycles. The second-order valence-corrected chi connectivity index (χ2v) is 6.28. The van der Waals surface area contributed by atoms with Gasteiger partial charge >= 0.3 is 0 Å². The number of hydrogen-bond donors (Lipinski definition) is 0. The van der Waals surface area contributed by atoms with E-state index in [1.807, 2.05) is 0 Å². The van der Waals surface area contributed by atoms with E-state index in [9.17, 15) is 0 Å². The number of hydrogen-bond acceptors (Lipinski definition) is 1. The zero-order valence-corrected chi connectivity index (χ0v) is 12.4. The van der Waals surface area contributed by atoms with Crippen LogP contribution in [0.3, 0.4) is 0 Å². The molecule has 0 aromatic carbocycles. The van der Waals surface area contributed by atoms with Crippen LogP contribution in [0.1, 0.15) is 48.5 Å². The van der Waals surface area contributed by atoms with Gasteiger partial charge in [-0.25, -0.2) is 0 Å². The summed E-state index contributed by atoms with van der Waals surface area (Å²) >= 11 is 0. The lowest BCUT2D eigenvalue weighted by Crippen LogP contribution is -2.43. The standard InChI is InChI=1S/C15H31N/c1-11(2)9-16(10-12(3)4)15(13(5)6)14(7)8/h11-12,14-15H,5,9-10H2,1-4,6-8H3.